The fraction of sp³-hybridized carbons (Fsp3) is 0.524. The largest absolute Gasteiger partial charge is 0.462 e. The van der Waals surface area contributed by atoms with Crippen molar-refractivity contribution in [1.82, 2.24) is 4.98 Å². The zero-order valence-corrected chi connectivity index (χ0v) is 16.7. The third-order valence-electron chi connectivity index (χ3n) is 5.00. The van der Waals surface area contributed by atoms with Crippen LogP contribution in [0.5, 0.6) is 0 Å². The van der Waals surface area contributed by atoms with Crippen LogP contribution in [-0.4, -0.2) is 24.2 Å². The van der Waals surface area contributed by atoms with Gasteiger partial charge in [-0.05, 0) is 44.1 Å². The highest BCUT2D eigenvalue weighted by atomic mass is 32.1. The van der Waals surface area contributed by atoms with Crippen molar-refractivity contribution in [3.05, 3.63) is 51.5 Å². The van der Waals surface area contributed by atoms with Crippen molar-refractivity contribution in [1.29, 1.82) is 0 Å². The highest BCUT2D eigenvalue weighted by Crippen LogP contribution is 2.40. The molecule has 0 unspecified atom stereocenters. The number of hydrogen-bond acceptors (Lipinski definition) is 5. The lowest BCUT2D eigenvalue weighted by atomic mass is 9.83. The molecule has 28 heavy (non-hydrogen) atoms. The van der Waals surface area contributed by atoms with Crippen molar-refractivity contribution in [2.24, 2.45) is 5.92 Å². The van der Waals surface area contributed by atoms with Gasteiger partial charge in [-0.1, -0.05) is 30.3 Å². The van der Waals surface area contributed by atoms with Gasteiger partial charge in [0.2, 0.25) is 0 Å². The molecule has 0 radical (unpaired) electrons. The highest BCUT2D eigenvalue weighted by Gasteiger charge is 2.30. The normalized spacial score (nSPS) is 19.7. The van der Waals surface area contributed by atoms with Gasteiger partial charge in [0.15, 0.2) is 0 Å². The summed E-state index contributed by atoms with van der Waals surface area (Å²) in [6.45, 7) is 3.12. The fourth-order valence-electron chi connectivity index (χ4n) is 3.51. The molecule has 0 amide bonds. The molecule has 0 aliphatic heterocycles. The lowest BCUT2D eigenvalue weighted by molar-refractivity contribution is 0.0520. The summed E-state index contributed by atoms with van der Waals surface area (Å²) >= 11 is 1.06. The number of hydrogen-bond donors (Lipinski definition) is 0. The maximum Gasteiger partial charge on any atom is 0.350 e. The van der Waals surface area contributed by atoms with E-state index in [1.54, 1.807) is 6.92 Å². The minimum absolute atomic E-state index is 0.0554. The van der Waals surface area contributed by atoms with Crippen LogP contribution in [0.25, 0.3) is 0 Å². The van der Waals surface area contributed by atoms with Gasteiger partial charge in [0, 0.05) is 12.5 Å². The number of ether oxygens (including phenoxy) is 2. The van der Waals surface area contributed by atoms with E-state index in [1.165, 1.54) is 0 Å². The van der Waals surface area contributed by atoms with Gasteiger partial charge < -0.3 is 9.47 Å². The summed E-state index contributed by atoms with van der Waals surface area (Å²) in [6.07, 6.45) is 0.915. The zero-order valence-electron chi connectivity index (χ0n) is 15.9. The second kappa shape index (κ2) is 10.1. The molecular formula is C21H25F2NO3S. The molecule has 152 valence electrons. The molecule has 0 saturated heterocycles. The SMILES string of the molecule is CCOC(=O)c1sc(C2CCC(COCc3ccccc3)CC2)nc1C(F)F. The molecular weight excluding hydrogens is 384 g/mol. The molecule has 0 N–H and O–H groups in total. The second-order valence-corrected chi connectivity index (χ2v) is 8.04. The van der Waals surface area contributed by atoms with Crippen LogP contribution in [0.2, 0.25) is 0 Å². The summed E-state index contributed by atoms with van der Waals surface area (Å²) in [4.78, 5) is 16.0. The smallest absolute Gasteiger partial charge is 0.350 e. The number of rotatable bonds is 8. The summed E-state index contributed by atoms with van der Waals surface area (Å²) < 4.78 is 37.3. The number of carbonyl (C=O) groups excluding carboxylic acids is 1. The summed E-state index contributed by atoms with van der Waals surface area (Å²) in [5.74, 6) is -0.111. The first-order valence-electron chi connectivity index (χ1n) is 9.66. The lowest BCUT2D eigenvalue weighted by Crippen LogP contribution is -2.17. The van der Waals surface area contributed by atoms with Gasteiger partial charge >= 0.3 is 5.97 Å². The van der Waals surface area contributed by atoms with Gasteiger partial charge in [-0.25, -0.2) is 18.6 Å². The van der Waals surface area contributed by atoms with E-state index in [2.05, 4.69) is 4.98 Å². The van der Waals surface area contributed by atoms with Gasteiger partial charge in [-0.3, -0.25) is 0 Å². The Bertz CT molecular complexity index is 758. The molecule has 1 aromatic heterocycles. The van der Waals surface area contributed by atoms with Crippen LogP contribution >= 0.6 is 11.3 Å². The maximum absolute atomic E-state index is 13.3. The monoisotopic (exact) mass is 409 g/mol. The molecule has 1 aromatic carbocycles. The topological polar surface area (TPSA) is 48.4 Å². The number of esters is 1. The molecule has 1 fully saturated rings. The summed E-state index contributed by atoms with van der Waals surface area (Å²) in [6, 6.07) is 10.1. The Morgan fingerprint density at radius 1 is 1.21 bits per heavy atom. The standard InChI is InChI=1S/C21H25F2NO3S/c1-2-27-21(25)18-17(19(22)23)24-20(28-18)16-10-8-15(9-11-16)13-26-12-14-6-4-3-5-7-14/h3-7,15-16,19H,2,8-13H2,1H3. The molecule has 4 nitrogen and oxygen atoms in total. The quantitative estimate of drug-likeness (QED) is 0.521. The molecule has 7 heteroatoms. The van der Waals surface area contributed by atoms with Gasteiger partial charge in [0.05, 0.1) is 18.2 Å². The summed E-state index contributed by atoms with van der Waals surface area (Å²) in [7, 11) is 0. The molecule has 0 spiro atoms. The van der Waals surface area contributed by atoms with E-state index in [0.717, 1.165) is 42.6 Å². The number of alkyl halides is 2. The lowest BCUT2D eigenvalue weighted by Gasteiger charge is -2.27. The van der Waals surface area contributed by atoms with Crippen molar-refractivity contribution >= 4 is 17.3 Å². The third kappa shape index (κ3) is 5.35. The predicted octanol–water partition coefficient (Wildman–Crippen LogP) is 5.75. The number of benzene rings is 1. The number of nitrogens with zero attached hydrogens (tertiary/aromatic N) is 1. The minimum atomic E-state index is -2.77. The zero-order chi connectivity index (χ0) is 19.9. The summed E-state index contributed by atoms with van der Waals surface area (Å²) in [5.41, 5.74) is 0.719. The van der Waals surface area contributed by atoms with Crippen LogP contribution in [0.4, 0.5) is 8.78 Å². The van der Waals surface area contributed by atoms with E-state index in [4.69, 9.17) is 9.47 Å². The van der Waals surface area contributed by atoms with Crippen molar-refractivity contribution in [3.8, 4) is 0 Å². The van der Waals surface area contributed by atoms with Crippen LogP contribution in [0.1, 0.15) is 70.9 Å². The third-order valence-corrected chi connectivity index (χ3v) is 6.21. The number of thiazole rings is 1. The Hall–Kier alpha value is -1.86. The molecule has 1 aliphatic carbocycles. The Morgan fingerprint density at radius 3 is 2.57 bits per heavy atom. The molecule has 2 aromatic rings. The average Bonchev–Trinajstić information content (AvgIpc) is 3.16. The number of halogens is 2. The van der Waals surface area contributed by atoms with E-state index in [-0.39, 0.29) is 17.4 Å². The molecule has 1 saturated carbocycles. The Balaban J connectivity index is 1.53. The van der Waals surface area contributed by atoms with Crippen LogP contribution in [0, 0.1) is 5.92 Å². The van der Waals surface area contributed by atoms with Crippen molar-refractivity contribution < 1.29 is 23.0 Å². The number of carbonyl (C=O) groups is 1. The Morgan fingerprint density at radius 2 is 1.93 bits per heavy atom. The van der Waals surface area contributed by atoms with Crippen molar-refractivity contribution in [2.75, 3.05) is 13.2 Å². The van der Waals surface area contributed by atoms with E-state index < -0.39 is 18.1 Å². The van der Waals surface area contributed by atoms with Crippen molar-refractivity contribution in [3.63, 3.8) is 0 Å². The average molecular weight is 409 g/mol. The first kappa shape index (κ1) is 20.9. The Kier molecular flexibility index (Phi) is 7.50. The van der Waals surface area contributed by atoms with Gasteiger partial charge in [-0.2, -0.15) is 0 Å². The van der Waals surface area contributed by atoms with Gasteiger partial charge in [-0.15, -0.1) is 11.3 Å². The van der Waals surface area contributed by atoms with E-state index in [1.807, 2.05) is 30.3 Å². The van der Waals surface area contributed by atoms with E-state index in [9.17, 15) is 13.6 Å². The Labute approximate surface area is 167 Å². The van der Waals surface area contributed by atoms with E-state index in [0.29, 0.717) is 24.1 Å². The minimum Gasteiger partial charge on any atom is -0.462 e. The molecule has 0 bridgehead atoms. The van der Waals surface area contributed by atoms with Gasteiger partial charge in [0.1, 0.15) is 10.6 Å². The van der Waals surface area contributed by atoms with E-state index >= 15 is 0 Å². The predicted molar refractivity (Wildman–Crippen MR) is 104 cm³/mol. The maximum atomic E-state index is 13.3. The first-order valence-corrected chi connectivity index (χ1v) is 10.5. The van der Waals surface area contributed by atoms with Gasteiger partial charge in [0.25, 0.3) is 6.43 Å². The first-order chi connectivity index (χ1) is 13.6. The fourth-order valence-corrected chi connectivity index (χ4v) is 4.65. The van der Waals surface area contributed by atoms with Crippen LogP contribution in [0.15, 0.2) is 30.3 Å². The molecule has 0 atom stereocenters. The van der Waals surface area contributed by atoms with Crippen LogP contribution < -0.4 is 0 Å². The van der Waals surface area contributed by atoms with Crippen LogP contribution in [0.3, 0.4) is 0 Å². The molecule has 1 heterocycles. The number of aromatic nitrogens is 1. The summed E-state index contributed by atoms with van der Waals surface area (Å²) in [5, 5.41) is 0.627. The molecule has 1 aliphatic rings. The second-order valence-electron chi connectivity index (χ2n) is 7.01. The highest BCUT2D eigenvalue weighted by molar-refractivity contribution is 7.13. The van der Waals surface area contributed by atoms with Crippen molar-refractivity contribution in [2.45, 2.75) is 51.6 Å². The molecule has 3 rings (SSSR count). The van der Waals surface area contributed by atoms with Crippen LogP contribution in [-0.2, 0) is 16.1 Å².